The maximum atomic E-state index is 11.8. The highest BCUT2D eigenvalue weighted by atomic mass is 16.1. The van der Waals surface area contributed by atoms with E-state index in [1.165, 1.54) is 0 Å². The van der Waals surface area contributed by atoms with E-state index in [0.717, 1.165) is 16.5 Å². The molecule has 3 heteroatoms. The molecule has 3 N–H and O–H groups in total. The van der Waals surface area contributed by atoms with E-state index in [0.29, 0.717) is 6.42 Å². The molecular weight excluding hydrogens is 212 g/mol. The summed E-state index contributed by atoms with van der Waals surface area (Å²) >= 11 is 0. The molecule has 0 saturated heterocycles. The van der Waals surface area contributed by atoms with Gasteiger partial charge in [0.2, 0.25) is 0 Å². The number of carbonyl (C=O) groups is 1. The van der Waals surface area contributed by atoms with Gasteiger partial charge in [0.1, 0.15) is 0 Å². The van der Waals surface area contributed by atoms with Crippen LogP contribution in [0, 0.1) is 5.92 Å². The molecule has 1 heterocycles. The molecule has 90 valence electrons. The van der Waals surface area contributed by atoms with Gasteiger partial charge < -0.3 is 10.7 Å². The number of hydrogen-bond acceptors (Lipinski definition) is 2. The number of para-hydroxylation sites is 1. The van der Waals surface area contributed by atoms with Crippen LogP contribution < -0.4 is 5.73 Å². The number of fused-ring (bicyclic) bond motifs is 1. The number of ketones is 1. The van der Waals surface area contributed by atoms with Crippen LogP contribution in [0.5, 0.6) is 0 Å². The summed E-state index contributed by atoms with van der Waals surface area (Å²) in [7, 11) is 0. The first-order valence-corrected chi connectivity index (χ1v) is 5.94. The summed E-state index contributed by atoms with van der Waals surface area (Å²) in [6, 6.07) is 7.65. The number of H-pyrrole nitrogens is 1. The van der Waals surface area contributed by atoms with Crippen molar-refractivity contribution in [3.63, 3.8) is 0 Å². The Morgan fingerprint density at radius 2 is 2.06 bits per heavy atom. The van der Waals surface area contributed by atoms with Crippen LogP contribution in [0.25, 0.3) is 10.9 Å². The molecule has 0 aliphatic heterocycles. The van der Waals surface area contributed by atoms with Crippen LogP contribution in [0.3, 0.4) is 0 Å². The zero-order chi connectivity index (χ0) is 12.4. The van der Waals surface area contributed by atoms with Crippen molar-refractivity contribution in [1.29, 1.82) is 0 Å². The minimum Gasteiger partial charge on any atom is -0.361 e. The number of nitrogens with one attached hydrogen (secondary N) is 1. The summed E-state index contributed by atoms with van der Waals surface area (Å²) in [4.78, 5) is 15.0. The monoisotopic (exact) mass is 230 g/mol. The first kappa shape index (κ1) is 11.9. The van der Waals surface area contributed by atoms with Gasteiger partial charge in [-0.15, -0.1) is 0 Å². The van der Waals surface area contributed by atoms with Crippen LogP contribution in [-0.2, 0) is 11.2 Å². The molecule has 0 fully saturated rings. The maximum Gasteiger partial charge on any atom is 0.152 e. The average Bonchev–Trinajstić information content (AvgIpc) is 2.71. The van der Waals surface area contributed by atoms with Crippen LogP contribution in [0.1, 0.15) is 19.4 Å². The molecule has 17 heavy (non-hydrogen) atoms. The number of aromatic nitrogens is 1. The van der Waals surface area contributed by atoms with Gasteiger partial charge in [-0.1, -0.05) is 32.0 Å². The second kappa shape index (κ2) is 4.72. The van der Waals surface area contributed by atoms with Crippen molar-refractivity contribution in [3.8, 4) is 0 Å². The van der Waals surface area contributed by atoms with Gasteiger partial charge in [-0.2, -0.15) is 0 Å². The first-order chi connectivity index (χ1) is 8.09. The number of carbonyl (C=O) groups excluding carboxylic acids is 1. The van der Waals surface area contributed by atoms with Crippen LogP contribution >= 0.6 is 0 Å². The Morgan fingerprint density at radius 1 is 1.35 bits per heavy atom. The van der Waals surface area contributed by atoms with Crippen molar-refractivity contribution in [2.24, 2.45) is 11.7 Å². The third-order valence-electron chi connectivity index (χ3n) is 3.05. The smallest absolute Gasteiger partial charge is 0.152 e. The summed E-state index contributed by atoms with van der Waals surface area (Å²) in [6.45, 7) is 3.77. The van der Waals surface area contributed by atoms with Gasteiger partial charge in [-0.3, -0.25) is 4.79 Å². The maximum absolute atomic E-state index is 11.8. The van der Waals surface area contributed by atoms with Crippen LogP contribution in [0.2, 0.25) is 0 Å². The molecule has 0 aliphatic carbocycles. The molecule has 0 aliphatic rings. The van der Waals surface area contributed by atoms with Crippen molar-refractivity contribution < 1.29 is 4.79 Å². The van der Waals surface area contributed by atoms with Gasteiger partial charge >= 0.3 is 0 Å². The summed E-state index contributed by atoms with van der Waals surface area (Å²) < 4.78 is 0. The van der Waals surface area contributed by atoms with Crippen molar-refractivity contribution in [3.05, 3.63) is 36.0 Å². The van der Waals surface area contributed by atoms with Crippen molar-refractivity contribution in [2.75, 3.05) is 0 Å². The van der Waals surface area contributed by atoms with E-state index in [-0.39, 0.29) is 11.7 Å². The van der Waals surface area contributed by atoms with Gasteiger partial charge in [-0.25, -0.2) is 0 Å². The third kappa shape index (κ3) is 2.39. The fourth-order valence-electron chi connectivity index (χ4n) is 2.07. The van der Waals surface area contributed by atoms with Gasteiger partial charge in [0, 0.05) is 23.0 Å². The lowest BCUT2D eigenvalue weighted by Crippen LogP contribution is -2.35. The second-order valence-electron chi connectivity index (χ2n) is 4.73. The SMILES string of the molecule is CC(C)C(=O)[C@H](N)Cc1c[nH]c2ccccc12. The van der Waals surface area contributed by atoms with E-state index in [4.69, 9.17) is 5.73 Å². The number of rotatable bonds is 4. The zero-order valence-corrected chi connectivity index (χ0v) is 10.2. The first-order valence-electron chi connectivity index (χ1n) is 5.94. The lowest BCUT2D eigenvalue weighted by molar-refractivity contribution is -0.123. The van der Waals surface area contributed by atoms with E-state index in [1.54, 1.807) is 0 Å². The molecule has 2 aromatic rings. The molecule has 0 saturated carbocycles. The quantitative estimate of drug-likeness (QED) is 0.846. The van der Waals surface area contributed by atoms with Crippen molar-refractivity contribution in [1.82, 2.24) is 4.98 Å². The molecule has 3 nitrogen and oxygen atoms in total. The minimum absolute atomic E-state index is 0.00444. The molecule has 0 amide bonds. The highest BCUT2D eigenvalue weighted by molar-refractivity contribution is 5.88. The Kier molecular flexibility index (Phi) is 3.29. The van der Waals surface area contributed by atoms with Gasteiger partial charge in [0.15, 0.2) is 5.78 Å². The van der Waals surface area contributed by atoms with E-state index in [2.05, 4.69) is 4.98 Å². The lowest BCUT2D eigenvalue weighted by atomic mass is 9.96. The van der Waals surface area contributed by atoms with E-state index in [9.17, 15) is 4.79 Å². The van der Waals surface area contributed by atoms with Crippen molar-refractivity contribution >= 4 is 16.7 Å². The van der Waals surface area contributed by atoms with Gasteiger partial charge in [0.25, 0.3) is 0 Å². The van der Waals surface area contributed by atoms with E-state index in [1.807, 2.05) is 44.3 Å². The highest BCUT2D eigenvalue weighted by Crippen LogP contribution is 2.19. The molecule has 2 rings (SSSR count). The molecular formula is C14H18N2O. The fraction of sp³-hybridized carbons (Fsp3) is 0.357. The summed E-state index contributed by atoms with van der Waals surface area (Å²) in [5, 5.41) is 1.15. The zero-order valence-electron chi connectivity index (χ0n) is 10.2. The Labute approximate surface area is 101 Å². The number of Topliss-reactive ketones (excluding diaryl/α,β-unsaturated/α-hetero) is 1. The molecule has 1 aromatic heterocycles. The normalized spacial score (nSPS) is 13.2. The lowest BCUT2D eigenvalue weighted by Gasteiger charge is -2.12. The molecule has 0 radical (unpaired) electrons. The molecule has 0 spiro atoms. The van der Waals surface area contributed by atoms with Gasteiger partial charge in [0.05, 0.1) is 6.04 Å². The van der Waals surface area contributed by atoms with Crippen molar-refractivity contribution in [2.45, 2.75) is 26.3 Å². The van der Waals surface area contributed by atoms with Gasteiger partial charge in [-0.05, 0) is 18.1 Å². The Bertz CT molecular complexity index is 528. The molecule has 0 unspecified atom stereocenters. The number of hydrogen-bond donors (Lipinski definition) is 2. The Morgan fingerprint density at radius 3 is 2.76 bits per heavy atom. The Balaban J connectivity index is 2.21. The molecule has 1 atom stereocenters. The minimum atomic E-state index is -0.408. The second-order valence-corrected chi connectivity index (χ2v) is 4.73. The van der Waals surface area contributed by atoms with Crippen LogP contribution in [0.15, 0.2) is 30.5 Å². The number of benzene rings is 1. The van der Waals surface area contributed by atoms with Crippen LogP contribution in [-0.4, -0.2) is 16.8 Å². The standard InChI is InChI=1S/C14H18N2O/c1-9(2)14(17)12(15)7-10-8-16-13-6-4-3-5-11(10)13/h3-6,8-9,12,16H,7,15H2,1-2H3/t12-/m1/s1. The third-order valence-corrected chi connectivity index (χ3v) is 3.05. The molecule has 0 bridgehead atoms. The van der Waals surface area contributed by atoms with E-state index >= 15 is 0 Å². The summed E-state index contributed by atoms with van der Waals surface area (Å²) in [5.41, 5.74) is 8.14. The topological polar surface area (TPSA) is 58.9 Å². The van der Waals surface area contributed by atoms with Crippen LogP contribution in [0.4, 0.5) is 0 Å². The number of nitrogens with two attached hydrogens (primary N) is 1. The average molecular weight is 230 g/mol. The fourth-order valence-corrected chi connectivity index (χ4v) is 2.07. The Hall–Kier alpha value is -1.61. The summed E-state index contributed by atoms with van der Waals surface area (Å²) in [6.07, 6.45) is 2.54. The number of aromatic amines is 1. The summed E-state index contributed by atoms with van der Waals surface area (Å²) in [5.74, 6) is 0.116. The predicted molar refractivity (Wildman–Crippen MR) is 69.8 cm³/mol. The largest absolute Gasteiger partial charge is 0.361 e. The molecule has 1 aromatic carbocycles. The van der Waals surface area contributed by atoms with E-state index < -0.39 is 6.04 Å². The highest BCUT2D eigenvalue weighted by Gasteiger charge is 2.18. The predicted octanol–water partition coefficient (Wildman–Crippen LogP) is 2.26.